The van der Waals surface area contributed by atoms with Gasteiger partial charge in [0.15, 0.2) is 0 Å². The zero-order valence-corrected chi connectivity index (χ0v) is 16.0. The van der Waals surface area contributed by atoms with Crippen LogP contribution in [-0.2, 0) is 11.2 Å². The molecule has 0 radical (unpaired) electrons. The number of nitrogens with one attached hydrogen (secondary N) is 1. The van der Waals surface area contributed by atoms with Gasteiger partial charge in [0.25, 0.3) is 0 Å². The van der Waals surface area contributed by atoms with Gasteiger partial charge in [-0.3, -0.25) is 4.79 Å². The highest BCUT2D eigenvalue weighted by atomic mass is 16.3. The number of aliphatic hydroxyl groups excluding tert-OH is 1. The van der Waals surface area contributed by atoms with Crippen molar-refractivity contribution in [3.8, 4) is 5.75 Å². The summed E-state index contributed by atoms with van der Waals surface area (Å²) in [6, 6.07) is 5.92. The van der Waals surface area contributed by atoms with E-state index in [9.17, 15) is 15.0 Å². The van der Waals surface area contributed by atoms with Gasteiger partial charge in [-0.2, -0.15) is 0 Å². The molecule has 0 heterocycles. The van der Waals surface area contributed by atoms with Crippen LogP contribution in [0.25, 0.3) is 0 Å². The van der Waals surface area contributed by atoms with Gasteiger partial charge in [-0.1, -0.05) is 13.0 Å². The van der Waals surface area contributed by atoms with E-state index in [1.807, 2.05) is 19.9 Å². The first-order valence-electron chi connectivity index (χ1n) is 10.1. The highest BCUT2D eigenvalue weighted by Gasteiger charge is 2.59. The molecule has 3 N–H and O–H groups in total. The first kappa shape index (κ1) is 17.8. The Morgan fingerprint density at radius 1 is 1.31 bits per heavy atom. The third kappa shape index (κ3) is 2.65. The Kier molecular flexibility index (Phi) is 4.30. The van der Waals surface area contributed by atoms with Crippen molar-refractivity contribution < 1.29 is 15.0 Å². The number of benzene rings is 1. The van der Waals surface area contributed by atoms with Gasteiger partial charge in [0.2, 0.25) is 5.91 Å². The first-order chi connectivity index (χ1) is 12.3. The first-order valence-corrected chi connectivity index (χ1v) is 10.1. The van der Waals surface area contributed by atoms with Crippen molar-refractivity contribution in [3.63, 3.8) is 0 Å². The van der Waals surface area contributed by atoms with Crippen molar-refractivity contribution in [1.29, 1.82) is 0 Å². The topological polar surface area (TPSA) is 69.6 Å². The lowest BCUT2D eigenvalue weighted by atomic mass is 9.55. The number of phenolic OH excluding ortho intramolecular Hbond substituents is 1. The molecule has 2 saturated carbocycles. The predicted molar refractivity (Wildman–Crippen MR) is 101 cm³/mol. The van der Waals surface area contributed by atoms with E-state index in [2.05, 4.69) is 18.3 Å². The van der Waals surface area contributed by atoms with Crippen molar-refractivity contribution in [2.75, 3.05) is 0 Å². The third-order valence-electron chi connectivity index (χ3n) is 7.48. The number of aryl methyl sites for hydroxylation is 1. The smallest absolute Gasteiger partial charge is 0.225 e. The van der Waals surface area contributed by atoms with Gasteiger partial charge < -0.3 is 15.5 Å². The van der Waals surface area contributed by atoms with E-state index in [0.717, 1.165) is 32.1 Å². The fourth-order valence-corrected chi connectivity index (χ4v) is 6.23. The molecule has 2 fully saturated rings. The molecule has 0 aliphatic heterocycles. The molecule has 1 amide bonds. The largest absolute Gasteiger partial charge is 0.508 e. The molecule has 4 heteroatoms. The lowest BCUT2D eigenvalue weighted by molar-refractivity contribution is -0.130. The highest BCUT2D eigenvalue weighted by molar-refractivity contribution is 5.80. The molecule has 3 aliphatic rings. The van der Waals surface area contributed by atoms with E-state index in [4.69, 9.17) is 0 Å². The molecule has 0 bridgehead atoms. The summed E-state index contributed by atoms with van der Waals surface area (Å²) < 4.78 is 0. The van der Waals surface area contributed by atoms with Crippen LogP contribution in [0.2, 0.25) is 0 Å². The summed E-state index contributed by atoms with van der Waals surface area (Å²) in [5, 5.41) is 23.9. The molecular weight excluding hydrogens is 326 g/mol. The van der Waals surface area contributed by atoms with Gasteiger partial charge in [-0.15, -0.1) is 0 Å². The van der Waals surface area contributed by atoms with Crippen LogP contribution in [0.1, 0.15) is 63.5 Å². The van der Waals surface area contributed by atoms with E-state index in [0.29, 0.717) is 23.5 Å². The molecule has 4 nitrogen and oxygen atoms in total. The Hall–Kier alpha value is -1.55. The van der Waals surface area contributed by atoms with Gasteiger partial charge in [0.1, 0.15) is 5.75 Å². The lowest BCUT2D eigenvalue weighted by Gasteiger charge is -2.50. The van der Waals surface area contributed by atoms with Gasteiger partial charge in [-0.25, -0.2) is 0 Å². The third-order valence-corrected chi connectivity index (χ3v) is 7.48. The van der Waals surface area contributed by atoms with E-state index in [1.165, 1.54) is 11.1 Å². The highest BCUT2D eigenvalue weighted by Crippen LogP contribution is 2.62. The van der Waals surface area contributed by atoms with E-state index in [-0.39, 0.29) is 23.3 Å². The van der Waals surface area contributed by atoms with Gasteiger partial charge in [-0.05, 0) is 92.4 Å². The van der Waals surface area contributed by atoms with Crippen LogP contribution in [0, 0.1) is 23.2 Å². The molecule has 26 heavy (non-hydrogen) atoms. The summed E-state index contributed by atoms with van der Waals surface area (Å²) in [5.74, 6) is 1.49. The summed E-state index contributed by atoms with van der Waals surface area (Å²) >= 11 is 0. The maximum absolute atomic E-state index is 12.6. The Morgan fingerprint density at radius 3 is 2.81 bits per heavy atom. The Labute approximate surface area is 156 Å². The van der Waals surface area contributed by atoms with Crippen LogP contribution < -0.4 is 5.32 Å². The summed E-state index contributed by atoms with van der Waals surface area (Å²) in [6.45, 7) is 6.14. The monoisotopic (exact) mass is 357 g/mol. The average Bonchev–Trinajstić information content (AvgIpc) is 2.85. The molecule has 0 aromatic heterocycles. The van der Waals surface area contributed by atoms with Crippen LogP contribution in [0.15, 0.2) is 18.2 Å². The maximum Gasteiger partial charge on any atom is 0.225 e. The summed E-state index contributed by atoms with van der Waals surface area (Å²) in [7, 11) is 0. The second kappa shape index (κ2) is 6.26. The number of carbonyl (C=O) groups is 1. The van der Waals surface area contributed by atoms with E-state index in [1.54, 1.807) is 6.07 Å². The zero-order chi connectivity index (χ0) is 18.6. The molecule has 4 rings (SSSR count). The number of hydrogen-bond acceptors (Lipinski definition) is 3. The number of hydrogen-bond donors (Lipinski definition) is 3. The molecule has 0 saturated heterocycles. The lowest BCUT2D eigenvalue weighted by Crippen LogP contribution is -2.46. The summed E-state index contributed by atoms with van der Waals surface area (Å²) in [5.41, 5.74) is 2.50. The van der Waals surface area contributed by atoms with Crippen LogP contribution in [-0.4, -0.2) is 28.3 Å². The minimum Gasteiger partial charge on any atom is -0.508 e. The van der Waals surface area contributed by atoms with Crippen molar-refractivity contribution >= 4 is 5.91 Å². The number of aromatic hydroxyl groups is 1. The standard InChI is InChI=1S/C22H31NO3/c1-12(2)23-21(26)18-11-19-17-6-4-13-10-14(24)5-7-15(13)16(17)8-9-22(19,3)20(18)25/h5,7,10,12,16-20,24-25H,4,6,8-9,11H2,1-3H3,(H,23,26)/t16-,17-,18?,19+,20+,22+/m1/s1. The molecule has 3 aliphatic carbocycles. The molecule has 0 spiro atoms. The second-order valence-corrected chi connectivity index (χ2v) is 9.29. The Balaban J connectivity index is 1.62. The Bertz CT molecular complexity index is 715. The SMILES string of the molecule is CC(C)NC(=O)C1C[C@H]2[C@@H]3CCc4cc(O)ccc4[C@H]3CC[C@]2(C)[C@H]1O. The van der Waals surface area contributed by atoms with Crippen molar-refractivity contribution in [2.45, 2.75) is 70.9 Å². The number of phenols is 1. The molecule has 142 valence electrons. The van der Waals surface area contributed by atoms with E-state index >= 15 is 0 Å². The van der Waals surface area contributed by atoms with Gasteiger partial charge >= 0.3 is 0 Å². The number of amides is 1. The summed E-state index contributed by atoms with van der Waals surface area (Å²) in [4.78, 5) is 12.6. The Morgan fingerprint density at radius 2 is 2.08 bits per heavy atom. The second-order valence-electron chi connectivity index (χ2n) is 9.29. The van der Waals surface area contributed by atoms with Crippen LogP contribution >= 0.6 is 0 Å². The predicted octanol–water partition coefficient (Wildman–Crippen LogP) is 3.36. The molecular formula is C22H31NO3. The minimum absolute atomic E-state index is 0.0146. The quantitative estimate of drug-likeness (QED) is 0.760. The molecule has 6 atom stereocenters. The zero-order valence-electron chi connectivity index (χ0n) is 16.0. The number of rotatable bonds is 2. The van der Waals surface area contributed by atoms with Crippen molar-refractivity contribution in [2.24, 2.45) is 23.2 Å². The minimum atomic E-state index is -0.548. The normalized spacial score (nSPS) is 38.4. The van der Waals surface area contributed by atoms with Crippen LogP contribution in [0.3, 0.4) is 0 Å². The van der Waals surface area contributed by atoms with Crippen LogP contribution in [0.5, 0.6) is 5.75 Å². The van der Waals surface area contributed by atoms with Crippen molar-refractivity contribution in [3.05, 3.63) is 29.3 Å². The number of aliphatic hydroxyl groups is 1. The molecule has 1 unspecified atom stereocenters. The van der Waals surface area contributed by atoms with Crippen LogP contribution in [0.4, 0.5) is 0 Å². The fraction of sp³-hybridized carbons (Fsp3) is 0.682. The van der Waals surface area contributed by atoms with Crippen molar-refractivity contribution in [1.82, 2.24) is 5.32 Å². The number of fused-ring (bicyclic) bond motifs is 5. The number of carbonyl (C=O) groups excluding carboxylic acids is 1. The van der Waals surface area contributed by atoms with E-state index < -0.39 is 6.10 Å². The average molecular weight is 357 g/mol. The fourth-order valence-electron chi connectivity index (χ4n) is 6.23. The summed E-state index contributed by atoms with van der Waals surface area (Å²) in [6.07, 6.45) is 4.35. The van der Waals surface area contributed by atoms with Gasteiger partial charge in [0, 0.05) is 6.04 Å². The van der Waals surface area contributed by atoms with Gasteiger partial charge in [0.05, 0.1) is 12.0 Å². The molecule has 1 aromatic carbocycles. The molecule has 1 aromatic rings. The maximum atomic E-state index is 12.6.